The minimum absolute atomic E-state index is 0.0258. The topological polar surface area (TPSA) is 108 Å². The van der Waals surface area contributed by atoms with Crippen LogP contribution in [0.3, 0.4) is 0 Å². The zero-order valence-electron chi connectivity index (χ0n) is 15.5. The SMILES string of the molecule is C[C@H](OC(=O)COc1ccc2ccccc2c1)C(=O)Nc1ccccc1[N+](=O)[O-]. The van der Waals surface area contributed by atoms with Crippen molar-refractivity contribution in [1.82, 2.24) is 0 Å². The van der Waals surface area contributed by atoms with Gasteiger partial charge in [0.1, 0.15) is 11.4 Å². The minimum Gasteiger partial charge on any atom is -0.482 e. The number of rotatable bonds is 7. The lowest BCUT2D eigenvalue weighted by molar-refractivity contribution is -0.383. The fourth-order valence-corrected chi connectivity index (χ4v) is 2.66. The van der Waals surface area contributed by atoms with Crippen LogP contribution in [-0.2, 0) is 14.3 Å². The molecule has 0 saturated carbocycles. The van der Waals surface area contributed by atoms with Gasteiger partial charge in [0.2, 0.25) is 0 Å². The molecule has 8 heteroatoms. The molecule has 0 spiro atoms. The highest BCUT2D eigenvalue weighted by Gasteiger charge is 2.21. The quantitative estimate of drug-likeness (QED) is 0.372. The van der Waals surface area contributed by atoms with Gasteiger partial charge in [-0.3, -0.25) is 14.9 Å². The molecule has 0 fully saturated rings. The van der Waals surface area contributed by atoms with Crippen molar-refractivity contribution in [2.45, 2.75) is 13.0 Å². The average Bonchev–Trinajstić information content (AvgIpc) is 2.72. The van der Waals surface area contributed by atoms with Crippen LogP contribution >= 0.6 is 0 Å². The van der Waals surface area contributed by atoms with E-state index in [0.29, 0.717) is 5.75 Å². The van der Waals surface area contributed by atoms with Crippen LogP contribution in [0.1, 0.15) is 6.92 Å². The number of hydrogen-bond donors (Lipinski definition) is 1. The number of nitrogens with one attached hydrogen (secondary N) is 1. The van der Waals surface area contributed by atoms with E-state index in [1.54, 1.807) is 18.2 Å². The number of carbonyl (C=O) groups is 2. The van der Waals surface area contributed by atoms with E-state index in [4.69, 9.17) is 9.47 Å². The zero-order valence-corrected chi connectivity index (χ0v) is 15.5. The van der Waals surface area contributed by atoms with Gasteiger partial charge in [0.15, 0.2) is 12.7 Å². The van der Waals surface area contributed by atoms with Crippen LogP contribution in [0.25, 0.3) is 10.8 Å². The van der Waals surface area contributed by atoms with Gasteiger partial charge in [0.25, 0.3) is 11.6 Å². The Morgan fingerprint density at radius 2 is 1.72 bits per heavy atom. The molecule has 0 radical (unpaired) electrons. The first kappa shape index (κ1) is 19.8. The van der Waals surface area contributed by atoms with Crippen LogP contribution in [-0.4, -0.2) is 29.5 Å². The Morgan fingerprint density at radius 1 is 1.03 bits per heavy atom. The van der Waals surface area contributed by atoms with Crippen molar-refractivity contribution in [3.8, 4) is 5.75 Å². The summed E-state index contributed by atoms with van der Waals surface area (Å²) in [5.74, 6) is -0.917. The van der Waals surface area contributed by atoms with E-state index in [2.05, 4.69) is 5.32 Å². The largest absolute Gasteiger partial charge is 0.482 e. The molecule has 1 atom stereocenters. The third kappa shape index (κ3) is 5.07. The molecule has 29 heavy (non-hydrogen) atoms. The Morgan fingerprint density at radius 3 is 2.48 bits per heavy atom. The van der Waals surface area contributed by atoms with Crippen molar-refractivity contribution in [3.63, 3.8) is 0 Å². The van der Waals surface area contributed by atoms with Crippen LogP contribution in [0.5, 0.6) is 5.75 Å². The van der Waals surface area contributed by atoms with Crippen LogP contribution in [0.15, 0.2) is 66.7 Å². The third-order valence-corrected chi connectivity index (χ3v) is 4.11. The predicted molar refractivity (Wildman–Crippen MR) is 107 cm³/mol. The molecule has 1 N–H and O–H groups in total. The molecule has 3 aromatic carbocycles. The number of nitro groups is 1. The van der Waals surface area contributed by atoms with E-state index in [-0.39, 0.29) is 18.0 Å². The fraction of sp³-hybridized carbons (Fsp3) is 0.143. The van der Waals surface area contributed by atoms with Gasteiger partial charge in [0, 0.05) is 6.07 Å². The van der Waals surface area contributed by atoms with Crippen LogP contribution in [0, 0.1) is 10.1 Å². The van der Waals surface area contributed by atoms with Crippen molar-refractivity contribution in [2.24, 2.45) is 0 Å². The van der Waals surface area contributed by atoms with Crippen molar-refractivity contribution in [1.29, 1.82) is 0 Å². The molecule has 0 unspecified atom stereocenters. The second-order valence-corrected chi connectivity index (χ2v) is 6.19. The maximum absolute atomic E-state index is 12.2. The summed E-state index contributed by atoms with van der Waals surface area (Å²) in [6.07, 6.45) is -1.15. The summed E-state index contributed by atoms with van der Waals surface area (Å²) in [7, 11) is 0. The van der Waals surface area contributed by atoms with Crippen LogP contribution < -0.4 is 10.1 Å². The molecule has 8 nitrogen and oxygen atoms in total. The molecule has 3 rings (SSSR count). The summed E-state index contributed by atoms with van der Waals surface area (Å²) in [4.78, 5) is 34.6. The van der Waals surface area contributed by atoms with E-state index in [9.17, 15) is 19.7 Å². The molecule has 3 aromatic rings. The lowest BCUT2D eigenvalue weighted by Gasteiger charge is -2.14. The lowest BCUT2D eigenvalue weighted by atomic mass is 10.1. The van der Waals surface area contributed by atoms with Gasteiger partial charge in [-0.2, -0.15) is 0 Å². The summed E-state index contributed by atoms with van der Waals surface area (Å²) in [6.45, 7) is 0.999. The minimum atomic E-state index is -1.15. The molecule has 1 amide bonds. The van der Waals surface area contributed by atoms with Crippen molar-refractivity contribution in [2.75, 3.05) is 11.9 Å². The molecule has 148 valence electrons. The fourth-order valence-electron chi connectivity index (χ4n) is 2.66. The summed E-state index contributed by atoms with van der Waals surface area (Å²) in [6, 6.07) is 18.8. The molecular weight excluding hydrogens is 376 g/mol. The van der Waals surface area contributed by atoms with E-state index < -0.39 is 22.9 Å². The molecular formula is C21H18N2O6. The average molecular weight is 394 g/mol. The number of para-hydroxylation sites is 2. The summed E-state index contributed by atoms with van der Waals surface area (Å²) in [5, 5.41) is 15.4. The number of anilines is 1. The van der Waals surface area contributed by atoms with Gasteiger partial charge < -0.3 is 14.8 Å². The van der Waals surface area contributed by atoms with Gasteiger partial charge in [-0.25, -0.2) is 4.79 Å². The van der Waals surface area contributed by atoms with Crippen molar-refractivity contribution in [3.05, 3.63) is 76.8 Å². The van der Waals surface area contributed by atoms with Gasteiger partial charge >= 0.3 is 5.97 Å². The molecule has 0 aliphatic heterocycles. The van der Waals surface area contributed by atoms with E-state index in [0.717, 1.165) is 10.8 Å². The van der Waals surface area contributed by atoms with Gasteiger partial charge in [-0.1, -0.05) is 42.5 Å². The second-order valence-electron chi connectivity index (χ2n) is 6.19. The number of nitro benzene ring substituents is 1. The first-order chi connectivity index (χ1) is 13.9. The Labute approximate surface area is 166 Å². The summed E-state index contributed by atoms with van der Waals surface area (Å²) >= 11 is 0. The van der Waals surface area contributed by atoms with E-state index in [1.165, 1.54) is 25.1 Å². The van der Waals surface area contributed by atoms with Crippen molar-refractivity contribution < 1.29 is 24.0 Å². The summed E-state index contributed by atoms with van der Waals surface area (Å²) in [5.41, 5.74) is -0.225. The number of esters is 1. The molecule has 0 aliphatic carbocycles. The molecule has 0 bridgehead atoms. The highest BCUT2D eigenvalue weighted by atomic mass is 16.6. The monoisotopic (exact) mass is 394 g/mol. The van der Waals surface area contributed by atoms with E-state index >= 15 is 0 Å². The lowest BCUT2D eigenvalue weighted by Crippen LogP contribution is -2.31. The van der Waals surface area contributed by atoms with Crippen LogP contribution in [0.4, 0.5) is 11.4 Å². The number of hydrogen-bond acceptors (Lipinski definition) is 6. The highest BCUT2D eigenvalue weighted by molar-refractivity contribution is 5.96. The Kier molecular flexibility index (Phi) is 6.03. The molecule has 0 aliphatic rings. The van der Waals surface area contributed by atoms with Gasteiger partial charge in [0.05, 0.1) is 4.92 Å². The third-order valence-electron chi connectivity index (χ3n) is 4.11. The first-order valence-corrected chi connectivity index (χ1v) is 8.79. The number of fused-ring (bicyclic) bond motifs is 1. The smallest absolute Gasteiger partial charge is 0.344 e. The van der Waals surface area contributed by atoms with Crippen LogP contribution in [0.2, 0.25) is 0 Å². The first-order valence-electron chi connectivity index (χ1n) is 8.79. The molecule has 0 heterocycles. The standard InChI is InChI=1S/C21H18N2O6/c1-14(21(25)22-18-8-4-5-9-19(18)23(26)27)29-20(24)13-28-17-11-10-15-6-2-3-7-16(15)12-17/h2-12,14H,13H2,1H3,(H,22,25)/t14-/m0/s1. The second kappa shape index (κ2) is 8.83. The maximum atomic E-state index is 12.2. The maximum Gasteiger partial charge on any atom is 0.344 e. The number of amides is 1. The predicted octanol–water partition coefficient (Wildman–Crippen LogP) is 3.70. The zero-order chi connectivity index (χ0) is 20.8. The number of carbonyl (C=O) groups excluding carboxylic acids is 2. The Balaban J connectivity index is 1.54. The highest BCUT2D eigenvalue weighted by Crippen LogP contribution is 2.23. The number of ether oxygens (including phenoxy) is 2. The van der Waals surface area contributed by atoms with Crippen molar-refractivity contribution >= 4 is 34.0 Å². The Bertz CT molecular complexity index is 1070. The number of benzene rings is 3. The summed E-state index contributed by atoms with van der Waals surface area (Å²) < 4.78 is 10.5. The van der Waals surface area contributed by atoms with E-state index in [1.807, 2.05) is 30.3 Å². The normalized spacial score (nSPS) is 11.5. The Hall–Kier alpha value is -3.94. The number of nitrogens with zero attached hydrogens (tertiary/aromatic N) is 1. The van der Waals surface area contributed by atoms with Gasteiger partial charge in [-0.05, 0) is 35.9 Å². The molecule has 0 saturated heterocycles. The molecule has 0 aromatic heterocycles. The van der Waals surface area contributed by atoms with Gasteiger partial charge in [-0.15, -0.1) is 0 Å².